The van der Waals surface area contributed by atoms with Crippen molar-refractivity contribution in [2.45, 2.75) is 76.7 Å². The number of hydrogen-bond donors (Lipinski definition) is 2. The number of fused-ring (bicyclic) bond motifs is 1. The zero-order chi connectivity index (χ0) is 25.7. The Kier molecular flexibility index (Phi) is 8.43. The Labute approximate surface area is 211 Å². The number of aromatic nitrogens is 4. The molecule has 1 atom stereocenters. The summed E-state index contributed by atoms with van der Waals surface area (Å²) in [5.74, 6) is 1.37. The maximum atomic E-state index is 13.0. The number of imidazole rings is 1. The van der Waals surface area contributed by atoms with E-state index in [2.05, 4.69) is 26.7 Å². The summed E-state index contributed by atoms with van der Waals surface area (Å²) < 4.78 is 41.6. The molecule has 10 nitrogen and oxygen atoms in total. The molecule has 4 rings (SSSR count). The minimum Gasteiger partial charge on any atom is -0.493 e. The number of unbranched alkanes of at least 4 members (excludes halogenated alkanes) is 3. The van der Waals surface area contributed by atoms with Gasteiger partial charge in [0.1, 0.15) is 11.6 Å². The van der Waals surface area contributed by atoms with Crippen LogP contribution in [0.2, 0.25) is 0 Å². The normalized spacial score (nSPS) is 16.1. The van der Waals surface area contributed by atoms with E-state index in [1.165, 1.54) is 12.1 Å². The van der Waals surface area contributed by atoms with Gasteiger partial charge in [-0.05, 0) is 51.3 Å². The predicted molar refractivity (Wildman–Crippen MR) is 137 cm³/mol. The highest BCUT2D eigenvalue weighted by atomic mass is 32.2. The Morgan fingerprint density at radius 1 is 1.25 bits per heavy atom. The second-order valence-corrected chi connectivity index (χ2v) is 10.8. The molecule has 0 bridgehead atoms. The lowest BCUT2D eigenvalue weighted by molar-refractivity contribution is 0.114. The first-order chi connectivity index (χ1) is 17.3. The maximum absolute atomic E-state index is 13.0. The topological polar surface area (TPSA) is 128 Å². The van der Waals surface area contributed by atoms with Crippen molar-refractivity contribution < 1.29 is 17.9 Å². The molecule has 196 valence electrons. The van der Waals surface area contributed by atoms with Crippen LogP contribution in [0.3, 0.4) is 0 Å². The first kappa shape index (κ1) is 26.3. The van der Waals surface area contributed by atoms with Gasteiger partial charge >= 0.3 is 0 Å². The monoisotopic (exact) mass is 517 g/mol. The van der Waals surface area contributed by atoms with Crippen molar-refractivity contribution in [2.75, 3.05) is 19.8 Å². The lowest BCUT2D eigenvalue weighted by Gasteiger charge is -2.14. The Hall–Kier alpha value is -2.76. The number of aryl methyl sites for hydroxylation is 2. The molecule has 2 aromatic heterocycles. The second-order valence-electron chi connectivity index (χ2n) is 9.07. The van der Waals surface area contributed by atoms with Gasteiger partial charge in [-0.3, -0.25) is 4.79 Å². The number of nitrogens with zero attached hydrogens (tertiary/aromatic N) is 3. The van der Waals surface area contributed by atoms with Gasteiger partial charge in [0.05, 0.1) is 28.9 Å². The van der Waals surface area contributed by atoms with Gasteiger partial charge in [0, 0.05) is 19.6 Å². The zero-order valence-electron chi connectivity index (χ0n) is 21.2. The van der Waals surface area contributed by atoms with Gasteiger partial charge in [0.15, 0.2) is 11.3 Å². The van der Waals surface area contributed by atoms with Crippen molar-refractivity contribution in [1.29, 1.82) is 0 Å². The predicted octanol–water partition coefficient (Wildman–Crippen LogP) is 3.37. The van der Waals surface area contributed by atoms with Crippen molar-refractivity contribution in [3.8, 4) is 17.1 Å². The number of aromatic amines is 1. The molecule has 3 heterocycles. The molecule has 0 spiro atoms. The summed E-state index contributed by atoms with van der Waals surface area (Å²) in [6.45, 7) is 7.02. The van der Waals surface area contributed by atoms with Gasteiger partial charge < -0.3 is 14.5 Å². The first-order valence-electron chi connectivity index (χ1n) is 12.7. The van der Waals surface area contributed by atoms with Crippen LogP contribution in [0.15, 0.2) is 27.9 Å². The highest BCUT2D eigenvalue weighted by molar-refractivity contribution is 7.89. The average Bonchev–Trinajstić information content (AvgIpc) is 3.49. The van der Waals surface area contributed by atoms with Crippen LogP contribution in [0, 0.1) is 6.92 Å². The molecule has 1 saturated heterocycles. The number of ether oxygens (including phenoxy) is 2. The summed E-state index contributed by atoms with van der Waals surface area (Å²) in [6.07, 6.45) is 6.63. The fraction of sp³-hybridized carbons (Fsp3) is 0.560. The lowest BCUT2D eigenvalue weighted by atomic mass is 10.1. The van der Waals surface area contributed by atoms with E-state index in [4.69, 9.17) is 9.47 Å². The number of nitrogens with one attached hydrogen (secondary N) is 2. The lowest BCUT2D eigenvalue weighted by Crippen LogP contribution is -2.31. The number of rotatable bonds is 12. The molecular formula is C25H35N5O5S. The van der Waals surface area contributed by atoms with Crippen molar-refractivity contribution in [3.05, 3.63) is 40.1 Å². The molecule has 0 radical (unpaired) electrons. The summed E-state index contributed by atoms with van der Waals surface area (Å²) in [5.41, 5.74) is 1.06. The van der Waals surface area contributed by atoms with Gasteiger partial charge in [0.2, 0.25) is 10.0 Å². The number of hydrogen-bond acceptors (Lipinski definition) is 7. The molecule has 0 amide bonds. The fourth-order valence-electron chi connectivity index (χ4n) is 4.46. The van der Waals surface area contributed by atoms with Crippen LogP contribution in [0.4, 0.5) is 0 Å². The van der Waals surface area contributed by atoms with E-state index < -0.39 is 10.0 Å². The van der Waals surface area contributed by atoms with E-state index in [0.717, 1.165) is 38.5 Å². The molecule has 0 aliphatic carbocycles. The highest BCUT2D eigenvalue weighted by Gasteiger charge is 2.23. The molecule has 1 aromatic carbocycles. The fourth-order valence-corrected chi connectivity index (χ4v) is 5.56. The van der Waals surface area contributed by atoms with Crippen LogP contribution in [0.25, 0.3) is 16.9 Å². The van der Waals surface area contributed by atoms with Gasteiger partial charge in [-0.25, -0.2) is 22.6 Å². The molecule has 3 aromatic rings. The average molecular weight is 518 g/mol. The summed E-state index contributed by atoms with van der Waals surface area (Å²) in [4.78, 5) is 20.5. The van der Waals surface area contributed by atoms with Crippen LogP contribution in [-0.4, -0.2) is 53.9 Å². The number of sulfonamides is 1. The standard InChI is InChI=1S/C25H35N5O5S/c1-4-6-7-8-11-22-27-17(3)23-25(31)28-24(29-30(22)23)20-15-19(12-13-21(20)34-5-2)36(32,33)26-16-18-10-9-14-35-18/h12-13,15,18,26H,4-11,14,16H2,1-3H3,(H,28,29,31). The summed E-state index contributed by atoms with van der Waals surface area (Å²) in [5, 5.41) is 4.68. The largest absolute Gasteiger partial charge is 0.493 e. The summed E-state index contributed by atoms with van der Waals surface area (Å²) in [6, 6.07) is 4.57. The quantitative estimate of drug-likeness (QED) is 0.353. The molecule has 0 saturated carbocycles. The maximum Gasteiger partial charge on any atom is 0.277 e. The van der Waals surface area contributed by atoms with Gasteiger partial charge in [-0.1, -0.05) is 26.2 Å². The van der Waals surface area contributed by atoms with Crippen LogP contribution >= 0.6 is 0 Å². The van der Waals surface area contributed by atoms with Gasteiger partial charge in [0.25, 0.3) is 5.56 Å². The van der Waals surface area contributed by atoms with E-state index in [9.17, 15) is 13.2 Å². The molecule has 1 aliphatic rings. The second kappa shape index (κ2) is 11.5. The third kappa shape index (κ3) is 5.79. The van der Waals surface area contributed by atoms with Crippen molar-refractivity contribution in [2.24, 2.45) is 0 Å². The van der Waals surface area contributed by atoms with E-state index in [-0.39, 0.29) is 28.9 Å². The molecule has 1 unspecified atom stereocenters. The minimum absolute atomic E-state index is 0.0586. The van der Waals surface area contributed by atoms with E-state index in [1.807, 2.05) is 6.92 Å². The number of benzene rings is 1. The molecular weight excluding hydrogens is 482 g/mol. The summed E-state index contributed by atoms with van der Waals surface area (Å²) in [7, 11) is -3.81. The van der Waals surface area contributed by atoms with Crippen LogP contribution in [0.1, 0.15) is 63.9 Å². The molecule has 2 N–H and O–H groups in total. The van der Waals surface area contributed by atoms with E-state index in [0.29, 0.717) is 48.0 Å². The van der Waals surface area contributed by atoms with Gasteiger partial charge in [-0.2, -0.15) is 0 Å². The van der Waals surface area contributed by atoms with Crippen molar-refractivity contribution >= 4 is 15.5 Å². The van der Waals surface area contributed by atoms with E-state index >= 15 is 0 Å². The molecule has 1 fully saturated rings. The third-order valence-electron chi connectivity index (χ3n) is 6.34. The minimum atomic E-state index is -3.81. The van der Waals surface area contributed by atoms with Gasteiger partial charge in [-0.15, -0.1) is 5.10 Å². The Morgan fingerprint density at radius 2 is 2.08 bits per heavy atom. The Bertz CT molecular complexity index is 1360. The van der Waals surface area contributed by atoms with Crippen molar-refractivity contribution in [3.63, 3.8) is 0 Å². The molecule has 36 heavy (non-hydrogen) atoms. The van der Waals surface area contributed by atoms with Crippen LogP contribution in [-0.2, 0) is 21.2 Å². The first-order valence-corrected chi connectivity index (χ1v) is 14.2. The van der Waals surface area contributed by atoms with Crippen LogP contribution < -0.4 is 15.0 Å². The Morgan fingerprint density at radius 3 is 2.81 bits per heavy atom. The van der Waals surface area contributed by atoms with Crippen LogP contribution in [0.5, 0.6) is 5.75 Å². The molecule has 11 heteroatoms. The SMILES string of the molecule is CCCCCCc1nc(C)c2c(=O)[nH]c(-c3cc(S(=O)(=O)NCC4CCCO4)ccc3OCC)nn12. The van der Waals surface area contributed by atoms with Crippen molar-refractivity contribution in [1.82, 2.24) is 24.3 Å². The molecule has 1 aliphatic heterocycles. The smallest absolute Gasteiger partial charge is 0.277 e. The highest BCUT2D eigenvalue weighted by Crippen LogP contribution is 2.30. The summed E-state index contributed by atoms with van der Waals surface area (Å²) >= 11 is 0. The third-order valence-corrected chi connectivity index (χ3v) is 7.76. The number of H-pyrrole nitrogens is 1. The zero-order valence-corrected chi connectivity index (χ0v) is 22.0. The van der Waals surface area contributed by atoms with E-state index in [1.54, 1.807) is 17.5 Å². The Balaban J connectivity index is 1.72.